The van der Waals surface area contributed by atoms with E-state index in [0.717, 1.165) is 5.69 Å². The number of nitrogens with zero attached hydrogens (tertiary/aromatic N) is 6. The second kappa shape index (κ2) is 7.71. The SMILES string of the molecule is CN(CC(=O)NCc1ccccn1)c1cc(Cl)nc(-n2ccnc2)n1. The van der Waals surface area contributed by atoms with Gasteiger partial charge in [0.05, 0.1) is 18.8 Å². The lowest BCUT2D eigenvalue weighted by molar-refractivity contribution is -0.119. The van der Waals surface area contributed by atoms with Crippen LogP contribution in [0.15, 0.2) is 49.2 Å². The minimum absolute atomic E-state index is 0.129. The molecule has 0 bridgehead atoms. The van der Waals surface area contributed by atoms with Gasteiger partial charge in [0.25, 0.3) is 0 Å². The van der Waals surface area contributed by atoms with Gasteiger partial charge in [-0.2, -0.15) is 4.98 Å². The van der Waals surface area contributed by atoms with E-state index in [0.29, 0.717) is 18.3 Å². The normalized spacial score (nSPS) is 10.5. The summed E-state index contributed by atoms with van der Waals surface area (Å²) in [5, 5.41) is 3.11. The molecule has 9 heteroatoms. The van der Waals surface area contributed by atoms with Crippen LogP contribution in [0.1, 0.15) is 5.69 Å². The molecule has 0 radical (unpaired) electrons. The number of rotatable bonds is 6. The van der Waals surface area contributed by atoms with Crippen LogP contribution in [-0.2, 0) is 11.3 Å². The average Bonchev–Trinajstić information content (AvgIpc) is 3.15. The Kier molecular flexibility index (Phi) is 5.20. The molecular formula is C16H16ClN7O. The van der Waals surface area contributed by atoms with Crippen molar-refractivity contribution in [1.29, 1.82) is 0 Å². The molecule has 0 unspecified atom stereocenters. The van der Waals surface area contributed by atoms with Crippen molar-refractivity contribution in [3.63, 3.8) is 0 Å². The van der Waals surface area contributed by atoms with E-state index < -0.39 is 0 Å². The van der Waals surface area contributed by atoms with Gasteiger partial charge in [-0.3, -0.25) is 14.3 Å². The number of hydrogen-bond acceptors (Lipinski definition) is 6. The molecule has 3 heterocycles. The fourth-order valence-corrected chi connectivity index (χ4v) is 2.30. The Morgan fingerprint density at radius 2 is 2.20 bits per heavy atom. The maximum absolute atomic E-state index is 12.1. The van der Waals surface area contributed by atoms with Gasteiger partial charge in [0.2, 0.25) is 11.9 Å². The highest BCUT2D eigenvalue weighted by Gasteiger charge is 2.12. The van der Waals surface area contributed by atoms with Gasteiger partial charge in [-0.25, -0.2) is 9.97 Å². The van der Waals surface area contributed by atoms with E-state index in [-0.39, 0.29) is 17.6 Å². The number of hydrogen-bond donors (Lipinski definition) is 1. The molecule has 3 aromatic heterocycles. The third kappa shape index (κ3) is 4.51. The molecule has 8 nitrogen and oxygen atoms in total. The van der Waals surface area contributed by atoms with Crippen LogP contribution in [0.25, 0.3) is 5.95 Å². The molecule has 3 rings (SSSR count). The fraction of sp³-hybridized carbons (Fsp3) is 0.188. The van der Waals surface area contributed by atoms with Crippen LogP contribution in [0, 0.1) is 0 Å². The first-order chi connectivity index (χ1) is 12.1. The molecule has 1 N–H and O–H groups in total. The van der Waals surface area contributed by atoms with E-state index in [2.05, 4.69) is 25.3 Å². The van der Waals surface area contributed by atoms with Gasteiger partial charge in [-0.15, -0.1) is 0 Å². The van der Waals surface area contributed by atoms with Crippen molar-refractivity contribution in [1.82, 2.24) is 29.8 Å². The van der Waals surface area contributed by atoms with Gasteiger partial charge in [0.15, 0.2) is 0 Å². The quantitative estimate of drug-likeness (QED) is 0.672. The predicted molar refractivity (Wildman–Crippen MR) is 93.5 cm³/mol. The zero-order valence-corrected chi connectivity index (χ0v) is 14.3. The number of imidazole rings is 1. The molecule has 25 heavy (non-hydrogen) atoms. The number of aromatic nitrogens is 5. The Morgan fingerprint density at radius 3 is 2.92 bits per heavy atom. The zero-order valence-electron chi connectivity index (χ0n) is 13.5. The number of likely N-dealkylation sites (N-methyl/N-ethyl adjacent to an activating group) is 1. The summed E-state index contributed by atoms with van der Waals surface area (Å²) >= 11 is 6.07. The molecule has 0 spiro atoms. The van der Waals surface area contributed by atoms with Gasteiger partial charge in [0, 0.05) is 31.7 Å². The first-order valence-electron chi connectivity index (χ1n) is 7.52. The Bertz CT molecular complexity index is 839. The number of halogens is 1. The van der Waals surface area contributed by atoms with E-state index >= 15 is 0 Å². The standard InChI is InChI=1S/C16H16ClN7O/c1-23(10-15(25)20-9-12-4-2-3-5-19-12)14-8-13(17)21-16(22-14)24-7-6-18-11-24/h2-8,11H,9-10H2,1H3,(H,20,25). The molecule has 0 saturated heterocycles. The molecular weight excluding hydrogens is 342 g/mol. The van der Waals surface area contributed by atoms with Crippen molar-refractivity contribution in [2.75, 3.05) is 18.5 Å². The van der Waals surface area contributed by atoms with E-state index in [4.69, 9.17) is 11.6 Å². The van der Waals surface area contributed by atoms with Crippen LogP contribution < -0.4 is 10.2 Å². The zero-order chi connectivity index (χ0) is 17.6. The smallest absolute Gasteiger partial charge is 0.239 e. The van der Waals surface area contributed by atoms with Gasteiger partial charge in [-0.05, 0) is 12.1 Å². The van der Waals surface area contributed by atoms with E-state index in [1.165, 1.54) is 0 Å². The summed E-state index contributed by atoms with van der Waals surface area (Å²) in [6.45, 7) is 0.502. The van der Waals surface area contributed by atoms with E-state index in [1.807, 2.05) is 18.2 Å². The molecule has 0 aliphatic carbocycles. The Morgan fingerprint density at radius 1 is 1.32 bits per heavy atom. The van der Waals surface area contributed by atoms with Crippen molar-refractivity contribution < 1.29 is 4.79 Å². The monoisotopic (exact) mass is 357 g/mol. The number of pyridine rings is 1. The second-order valence-electron chi connectivity index (χ2n) is 5.27. The molecule has 1 amide bonds. The van der Waals surface area contributed by atoms with E-state index in [1.54, 1.807) is 47.5 Å². The highest BCUT2D eigenvalue weighted by Crippen LogP contribution is 2.16. The Labute approximate surface area is 149 Å². The fourth-order valence-electron chi connectivity index (χ4n) is 2.13. The van der Waals surface area contributed by atoms with Gasteiger partial charge < -0.3 is 10.2 Å². The number of carbonyl (C=O) groups is 1. The highest BCUT2D eigenvalue weighted by molar-refractivity contribution is 6.29. The molecule has 0 fully saturated rings. The summed E-state index contributed by atoms with van der Waals surface area (Å²) < 4.78 is 1.64. The molecule has 3 aromatic rings. The lowest BCUT2D eigenvalue weighted by Crippen LogP contribution is -2.35. The van der Waals surface area contributed by atoms with Crippen LogP contribution in [-0.4, -0.2) is 44.0 Å². The van der Waals surface area contributed by atoms with Crippen LogP contribution in [0.2, 0.25) is 5.15 Å². The highest BCUT2D eigenvalue weighted by atomic mass is 35.5. The van der Waals surface area contributed by atoms with Crippen molar-refractivity contribution in [2.45, 2.75) is 6.54 Å². The first kappa shape index (κ1) is 16.8. The molecule has 128 valence electrons. The topological polar surface area (TPSA) is 88.8 Å². The van der Waals surface area contributed by atoms with Crippen molar-refractivity contribution >= 4 is 23.3 Å². The van der Waals surface area contributed by atoms with Crippen LogP contribution in [0.4, 0.5) is 5.82 Å². The molecule has 0 saturated carbocycles. The summed E-state index contributed by atoms with van der Waals surface area (Å²) in [4.78, 5) is 30.5. The number of anilines is 1. The summed E-state index contributed by atoms with van der Waals surface area (Å²) in [6.07, 6.45) is 6.61. The van der Waals surface area contributed by atoms with Crippen LogP contribution in [0.5, 0.6) is 0 Å². The summed E-state index contributed by atoms with van der Waals surface area (Å²) in [7, 11) is 1.76. The van der Waals surface area contributed by atoms with Crippen LogP contribution in [0.3, 0.4) is 0 Å². The van der Waals surface area contributed by atoms with Crippen molar-refractivity contribution in [2.24, 2.45) is 0 Å². The molecule has 0 atom stereocenters. The molecule has 0 aromatic carbocycles. The number of carbonyl (C=O) groups excluding carboxylic acids is 1. The summed E-state index contributed by atoms with van der Waals surface area (Å²) in [5.41, 5.74) is 0.797. The Balaban J connectivity index is 1.64. The van der Waals surface area contributed by atoms with E-state index in [9.17, 15) is 4.79 Å². The maximum Gasteiger partial charge on any atom is 0.239 e. The van der Waals surface area contributed by atoms with Crippen LogP contribution >= 0.6 is 11.6 Å². The Hall–Kier alpha value is -3.00. The second-order valence-corrected chi connectivity index (χ2v) is 5.66. The molecule has 0 aliphatic rings. The minimum Gasteiger partial charge on any atom is -0.350 e. The van der Waals surface area contributed by atoms with Gasteiger partial charge in [-0.1, -0.05) is 17.7 Å². The number of amides is 1. The lowest BCUT2D eigenvalue weighted by Gasteiger charge is -2.18. The van der Waals surface area contributed by atoms with Gasteiger partial charge >= 0.3 is 0 Å². The largest absolute Gasteiger partial charge is 0.350 e. The third-order valence-electron chi connectivity index (χ3n) is 3.37. The predicted octanol–water partition coefficient (Wildman–Crippen LogP) is 1.46. The van der Waals surface area contributed by atoms with Crippen molar-refractivity contribution in [3.8, 4) is 5.95 Å². The van der Waals surface area contributed by atoms with Crippen molar-refractivity contribution in [3.05, 3.63) is 60.0 Å². The molecule has 0 aliphatic heterocycles. The number of nitrogens with one attached hydrogen (secondary N) is 1. The third-order valence-corrected chi connectivity index (χ3v) is 3.56. The lowest BCUT2D eigenvalue weighted by atomic mass is 10.3. The average molecular weight is 358 g/mol. The minimum atomic E-state index is -0.146. The summed E-state index contributed by atoms with van der Waals surface area (Å²) in [6, 6.07) is 7.16. The van der Waals surface area contributed by atoms with Gasteiger partial charge in [0.1, 0.15) is 17.3 Å². The maximum atomic E-state index is 12.1. The summed E-state index contributed by atoms with van der Waals surface area (Å²) in [5.74, 6) is 0.782. The first-order valence-corrected chi connectivity index (χ1v) is 7.90.